The molecule has 5 N–H and O–H groups in total. The highest BCUT2D eigenvalue weighted by molar-refractivity contribution is 7.64. The molecule has 0 bridgehead atoms. The Hall–Kier alpha value is 0.260. The number of hydrogen-bond acceptors (Lipinski definition) is 5. The van der Waals surface area contributed by atoms with Crippen molar-refractivity contribution in [3.05, 3.63) is 0 Å². The molecule has 0 amide bonds. The number of unbranched alkanes of at least 4 members (excludes halogenated alkanes) is 13. The van der Waals surface area contributed by atoms with Crippen molar-refractivity contribution in [3.63, 3.8) is 0 Å². The molecule has 0 aromatic rings. The van der Waals surface area contributed by atoms with Crippen molar-refractivity contribution in [3.8, 4) is 0 Å². The fourth-order valence-electron chi connectivity index (χ4n) is 2.89. The second-order valence-corrected chi connectivity index (χ2v) is 10.5. The Balaban J connectivity index is 0. The van der Waals surface area contributed by atoms with Crippen molar-refractivity contribution < 1.29 is 27.8 Å². The molecule has 9 heteroatoms. The molecule has 0 spiro atoms. The summed E-state index contributed by atoms with van der Waals surface area (Å²) in [4.78, 5) is 18.8. The largest absolute Gasteiger partial charge is 0.479 e. The van der Waals surface area contributed by atoms with Gasteiger partial charge in [0.15, 0.2) is 0 Å². The number of phosphoric acid groups is 1. The normalized spacial score (nSPS) is 15.7. The number of hydrogen-bond donors (Lipinski definition) is 3. The summed E-state index contributed by atoms with van der Waals surface area (Å²) >= 11 is 0. The molecular formula is C18H43NO6P2. The van der Waals surface area contributed by atoms with Crippen LogP contribution in [0, 0.1) is 0 Å². The zero-order valence-corrected chi connectivity index (χ0v) is 19.2. The average molecular weight is 431 g/mol. The lowest BCUT2D eigenvalue weighted by Gasteiger charge is -2.15. The predicted octanol–water partition coefficient (Wildman–Crippen LogP) is 6.97. The summed E-state index contributed by atoms with van der Waals surface area (Å²) in [6, 6.07) is 0. The lowest BCUT2D eigenvalue weighted by atomic mass is 10.0. The summed E-state index contributed by atoms with van der Waals surface area (Å²) in [7, 11) is -8.48. The lowest BCUT2D eigenvalue weighted by Crippen LogP contribution is -1.97. The Labute approximate surface area is 166 Å². The highest BCUT2D eigenvalue weighted by atomic mass is 31.3. The van der Waals surface area contributed by atoms with Gasteiger partial charge in [0.25, 0.3) is 0 Å². The van der Waals surface area contributed by atoms with Gasteiger partial charge in [0, 0.05) is 0 Å². The van der Waals surface area contributed by atoms with Gasteiger partial charge < -0.3 is 15.9 Å². The van der Waals surface area contributed by atoms with Crippen molar-refractivity contribution in [2.24, 2.45) is 0 Å². The number of phosphoric ester groups is 1. The Bertz CT molecular complexity index is 423. The van der Waals surface area contributed by atoms with Crippen LogP contribution in [0.5, 0.6) is 0 Å². The smallest absolute Gasteiger partial charge is 0.344 e. The maximum Gasteiger partial charge on any atom is 0.479 e. The van der Waals surface area contributed by atoms with Crippen molar-refractivity contribution in [1.82, 2.24) is 6.15 Å². The van der Waals surface area contributed by atoms with Crippen LogP contribution in [0.2, 0.25) is 0 Å². The molecule has 0 radical (unpaired) electrons. The minimum Gasteiger partial charge on any atom is -0.344 e. The molecule has 2 atom stereocenters. The van der Waals surface area contributed by atoms with Gasteiger partial charge in [0.05, 0.1) is 12.8 Å². The van der Waals surface area contributed by atoms with Crippen LogP contribution in [0.4, 0.5) is 0 Å². The van der Waals surface area contributed by atoms with Gasteiger partial charge in [0.1, 0.15) is 0 Å². The van der Waals surface area contributed by atoms with Gasteiger partial charge >= 0.3 is 15.4 Å². The van der Waals surface area contributed by atoms with Crippen LogP contribution < -0.4 is 6.15 Å². The number of rotatable bonds is 19. The van der Waals surface area contributed by atoms with Crippen molar-refractivity contribution in [2.45, 2.75) is 104 Å². The molecule has 0 aliphatic heterocycles. The molecule has 0 aromatic heterocycles. The van der Waals surface area contributed by atoms with E-state index in [1.807, 2.05) is 0 Å². The van der Waals surface area contributed by atoms with Gasteiger partial charge in [-0.15, -0.1) is 0 Å². The quantitative estimate of drug-likeness (QED) is 0.149. The second-order valence-electron chi connectivity index (χ2n) is 6.93. The monoisotopic (exact) mass is 431 g/mol. The maximum absolute atomic E-state index is 11.7. The molecule has 0 aliphatic rings. The summed E-state index contributed by atoms with van der Waals surface area (Å²) in [5, 5.41) is 0. The first-order chi connectivity index (χ1) is 12.3. The second kappa shape index (κ2) is 18.3. The van der Waals surface area contributed by atoms with Crippen LogP contribution in [-0.2, 0) is 18.0 Å². The standard InChI is InChI=1S/C18H40O6P2.H3N/c1-3-5-6-7-8-9-10-11-12-13-14-15-16-17-18-25(19,20)24-26(21,22)23-4-2;/h3-18H2,1-2H3,(H,19,20)(H,21,22);1H3. The van der Waals surface area contributed by atoms with E-state index in [0.717, 1.165) is 19.3 Å². The van der Waals surface area contributed by atoms with Crippen molar-refractivity contribution in [2.75, 3.05) is 12.8 Å². The molecule has 0 aromatic carbocycles. The van der Waals surface area contributed by atoms with Crippen LogP contribution in [-0.4, -0.2) is 22.6 Å². The lowest BCUT2D eigenvalue weighted by molar-refractivity contribution is 0.204. The summed E-state index contributed by atoms with van der Waals surface area (Å²) in [6.45, 7) is 3.71. The summed E-state index contributed by atoms with van der Waals surface area (Å²) in [5.74, 6) is 0. The van der Waals surface area contributed by atoms with Gasteiger partial charge in [-0.3, -0.25) is 9.09 Å². The highest BCUT2D eigenvalue weighted by Gasteiger charge is 2.32. The highest BCUT2D eigenvalue weighted by Crippen LogP contribution is 2.60. The minimum absolute atomic E-state index is 0. The summed E-state index contributed by atoms with van der Waals surface area (Å²) in [6.07, 6.45) is 16.6. The fraction of sp³-hybridized carbons (Fsp3) is 1.00. The Kier molecular flexibility index (Phi) is 20.0. The first kappa shape index (κ1) is 29.5. The van der Waals surface area contributed by atoms with Crippen molar-refractivity contribution >= 4 is 15.4 Å². The van der Waals surface area contributed by atoms with Gasteiger partial charge in [0.2, 0.25) is 0 Å². The van der Waals surface area contributed by atoms with E-state index in [2.05, 4.69) is 15.8 Å². The SMILES string of the molecule is CCCCCCCCCCCCCCCCP(=O)(O)OP(=O)(O)OCC.N. The summed E-state index contributed by atoms with van der Waals surface area (Å²) < 4.78 is 31.9. The van der Waals surface area contributed by atoms with Crippen LogP contribution in [0.25, 0.3) is 0 Å². The van der Waals surface area contributed by atoms with E-state index in [1.54, 1.807) is 0 Å². The molecule has 0 rings (SSSR count). The molecule has 0 heterocycles. The molecule has 0 fully saturated rings. The topological polar surface area (TPSA) is 128 Å². The van der Waals surface area contributed by atoms with Crippen LogP contribution in [0.15, 0.2) is 0 Å². The molecule has 0 saturated carbocycles. The van der Waals surface area contributed by atoms with E-state index < -0.39 is 15.4 Å². The Morgan fingerprint density at radius 3 is 1.41 bits per heavy atom. The molecular weight excluding hydrogens is 388 g/mol. The fourth-order valence-corrected chi connectivity index (χ4v) is 5.65. The van der Waals surface area contributed by atoms with E-state index in [0.29, 0.717) is 6.42 Å². The van der Waals surface area contributed by atoms with Crippen molar-refractivity contribution in [1.29, 1.82) is 0 Å². The third-order valence-electron chi connectivity index (χ3n) is 4.32. The van der Waals surface area contributed by atoms with Gasteiger partial charge in [-0.05, 0) is 13.3 Å². The molecule has 0 aliphatic carbocycles. The molecule has 7 nitrogen and oxygen atoms in total. The predicted molar refractivity (Wildman–Crippen MR) is 113 cm³/mol. The van der Waals surface area contributed by atoms with E-state index >= 15 is 0 Å². The van der Waals surface area contributed by atoms with Crippen LogP contribution in [0.3, 0.4) is 0 Å². The van der Waals surface area contributed by atoms with Crippen LogP contribution >= 0.6 is 15.4 Å². The van der Waals surface area contributed by atoms with E-state index in [9.17, 15) is 18.9 Å². The first-order valence-electron chi connectivity index (χ1n) is 10.3. The maximum atomic E-state index is 11.7. The van der Waals surface area contributed by atoms with Gasteiger partial charge in [-0.2, -0.15) is 0 Å². The summed E-state index contributed by atoms with van der Waals surface area (Å²) in [5.41, 5.74) is 0. The average Bonchev–Trinajstić information content (AvgIpc) is 2.54. The third-order valence-corrected chi connectivity index (χ3v) is 7.63. The minimum atomic E-state index is -4.42. The zero-order valence-electron chi connectivity index (χ0n) is 17.4. The van der Waals surface area contributed by atoms with E-state index in [-0.39, 0.29) is 18.9 Å². The van der Waals surface area contributed by atoms with Gasteiger partial charge in [-0.1, -0.05) is 90.4 Å². The molecule has 166 valence electrons. The Morgan fingerprint density at radius 2 is 1.04 bits per heavy atom. The van der Waals surface area contributed by atoms with E-state index in [1.165, 1.54) is 71.1 Å². The molecule has 27 heavy (non-hydrogen) atoms. The zero-order chi connectivity index (χ0) is 19.7. The molecule has 0 saturated heterocycles. The molecule has 2 unspecified atom stereocenters. The third kappa shape index (κ3) is 20.8. The van der Waals surface area contributed by atoms with Gasteiger partial charge in [-0.25, -0.2) is 8.88 Å². The van der Waals surface area contributed by atoms with E-state index in [4.69, 9.17) is 0 Å². The van der Waals surface area contributed by atoms with Crippen LogP contribution in [0.1, 0.15) is 104 Å². The first-order valence-corrected chi connectivity index (χ1v) is 13.6. The Morgan fingerprint density at radius 1 is 0.667 bits per heavy atom.